The molecule has 0 fully saturated rings. The first-order valence-electron chi connectivity index (χ1n) is 8.22. The molecule has 1 heterocycles. The smallest absolute Gasteiger partial charge is 0.315 e. The number of urea groups is 1. The molecule has 6 heteroatoms. The average molecular weight is 339 g/mol. The number of hydrogen-bond donors (Lipinski definition) is 3. The van der Waals surface area contributed by atoms with Gasteiger partial charge >= 0.3 is 6.03 Å². The van der Waals surface area contributed by atoms with Gasteiger partial charge in [0.2, 0.25) is 5.91 Å². The summed E-state index contributed by atoms with van der Waals surface area (Å²) < 4.78 is 5.10. The molecule has 1 atom stereocenters. The average Bonchev–Trinajstić information content (AvgIpc) is 2.96. The minimum atomic E-state index is -0.248. The van der Waals surface area contributed by atoms with Crippen LogP contribution in [0.2, 0.25) is 0 Å². The number of methoxy groups -OCH3 is 1. The van der Waals surface area contributed by atoms with Crippen LogP contribution < -0.4 is 20.7 Å². The third kappa shape index (κ3) is 4.09. The molecule has 0 spiro atoms. The number of hydrogen-bond acceptors (Lipinski definition) is 3. The first-order chi connectivity index (χ1) is 12.2. The maximum atomic E-state index is 12.0. The molecular weight excluding hydrogens is 318 g/mol. The first-order valence-corrected chi connectivity index (χ1v) is 8.22. The number of amides is 3. The molecule has 130 valence electrons. The number of para-hydroxylation sites is 1. The zero-order valence-electron chi connectivity index (χ0n) is 14.0. The second kappa shape index (κ2) is 7.70. The Morgan fingerprint density at radius 1 is 1.12 bits per heavy atom. The van der Waals surface area contributed by atoms with Crippen LogP contribution in [-0.4, -0.2) is 25.6 Å². The van der Waals surface area contributed by atoms with E-state index in [1.807, 2.05) is 48.5 Å². The highest BCUT2D eigenvalue weighted by molar-refractivity contribution is 6.02. The second-order valence-electron chi connectivity index (χ2n) is 5.88. The van der Waals surface area contributed by atoms with Crippen LogP contribution in [0.25, 0.3) is 0 Å². The number of nitrogens with one attached hydrogen (secondary N) is 3. The van der Waals surface area contributed by atoms with E-state index in [0.29, 0.717) is 19.5 Å². The lowest BCUT2D eigenvalue weighted by atomic mass is 9.97. The molecule has 3 amide bonds. The molecular formula is C19H21N3O3. The van der Waals surface area contributed by atoms with Crippen LogP contribution in [0.4, 0.5) is 10.5 Å². The highest BCUT2D eigenvalue weighted by Gasteiger charge is 2.29. The summed E-state index contributed by atoms with van der Waals surface area (Å²) in [7, 11) is 1.61. The Morgan fingerprint density at radius 2 is 1.88 bits per heavy atom. The zero-order valence-corrected chi connectivity index (χ0v) is 14.0. The van der Waals surface area contributed by atoms with Gasteiger partial charge in [0.1, 0.15) is 5.75 Å². The van der Waals surface area contributed by atoms with Crippen LogP contribution >= 0.6 is 0 Å². The molecule has 1 aliphatic rings. The van der Waals surface area contributed by atoms with Gasteiger partial charge in [0.25, 0.3) is 0 Å². The van der Waals surface area contributed by atoms with Crippen molar-refractivity contribution in [3.63, 3.8) is 0 Å². The van der Waals surface area contributed by atoms with Gasteiger partial charge in [-0.25, -0.2) is 4.79 Å². The summed E-state index contributed by atoms with van der Waals surface area (Å²) in [6.45, 7) is 0.865. The van der Waals surface area contributed by atoms with Crippen LogP contribution in [0, 0.1) is 0 Å². The Labute approximate surface area is 146 Å². The van der Waals surface area contributed by atoms with E-state index < -0.39 is 0 Å². The van der Waals surface area contributed by atoms with Crippen molar-refractivity contribution in [3.05, 3.63) is 59.7 Å². The van der Waals surface area contributed by atoms with Gasteiger partial charge in [-0.1, -0.05) is 30.3 Å². The summed E-state index contributed by atoms with van der Waals surface area (Å²) in [6.07, 6.45) is 0.568. The topological polar surface area (TPSA) is 79.5 Å². The molecule has 0 saturated carbocycles. The number of carbonyl (C=O) groups excluding carboxylic acids is 2. The maximum Gasteiger partial charge on any atom is 0.315 e. The summed E-state index contributed by atoms with van der Waals surface area (Å²) in [5, 5.41) is 8.46. The quantitative estimate of drug-likeness (QED) is 0.757. The van der Waals surface area contributed by atoms with E-state index in [1.165, 1.54) is 0 Å². The van der Waals surface area contributed by atoms with Gasteiger partial charge in [0.05, 0.1) is 13.0 Å². The van der Waals surface area contributed by atoms with Crippen molar-refractivity contribution in [3.8, 4) is 5.75 Å². The molecule has 0 radical (unpaired) electrons. The highest BCUT2D eigenvalue weighted by Crippen LogP contribution is 2.33. The van der Waals surface area contributed by atoms with Crippen LogP contribution in [0.3, 0.4) is 0 Å². The number of fused-ring (bicyclic) bond motifs is 1. The Kier molecular flexibility index (Phi) is 5.18. The SMILES string of the molecule is COc1ccc(CNC(=O)NCCC2C(=O)Nc3ccccc32)cc1. The Balaban J connectivity index is 1.43. The fraction of sp³-hybridized carbons (Fsp3) is 0.263. The number of benzene rings is 2. The first kappa shape index (κ1) is 16.8. The van der Waals surface area contributed by atoms with Crippen LogP contribution in [-0.2, 0) is 11.3 Å². The largest absolute Gasteiger partial charge is 0.497 e. The van der Waals surface area contributed by atoms with Crippen molar-refractivity contribution in [2.75, 3.05) is 19.0 Å². The lowest BCUT2D eigenvalue weighted by Gasteiger charge is -2.11. The monoisotopic (exact) mass is 339 g/mol. The third-order valence-corrected chi connectivity index (χ3v) is 4.24. The molecule has 3 N–H and O–H groups in total. The molecule has 6 nitrogen and oxygen atoms in total. The minimum absolute atomic E-state index is 0.0124. The van der Waals surface area contributed by atoms with Gasteiger partial charge in [-0.05, 0) is 35.7 Å². The van der Waals surface area contributed by atoms with Gasteiger partial charge in [-0.3, -0.25) is 4.79 Å². The fourth-order valence-electron chi connectivity index (χ4n) is 2.88. The van der Waals surface area contributed by atoms with Gasteiger partial charge in [-0.2, -0.15) is 0 Å². The Bertz CT molecular complexity index is 759. The lowest BCUT2D eigenvalue weighted by Crippen LogP contribution is -2.36. The van der Waals surface area contributed by atoms with E-state index in [4.69, 9.17) is 4.74 Å². The third-order valence-electron chi connectivity index (χ3n) is 4.24. The summed E-state index contributed by atoms with van der Waals surface area (Å²) >= 11 is 0. The van der Waals surface area contributed by atoms with Crippen molar-refractivity contribution in [1.29, 1.82) is 0 Å². The van der Waals surface area contributed by atoms with E-state index in [0.717, 1.165) is 22.6 Å². The summed E-state index contributed by atoms with van der Waals surface area (Å²) in [5.41, 5.74) is 2.84. The van der Waals surface area contributed by atoms with E-state index in [9.17, 15) is 9.59 Å². The Morgan fingerprint density at radius 3 is 2.64 bits per heavy atom. The van der Waals surface area contributed by atoms with Gasteiger partial charge < -0.3 is 20.7 Å². The molecule has 1 aliphatic heterocycles. The van der Waals surface area contributed by atoms with Crippen molar-refractivity contribution >= 4 is 17.6 Å². The number of ether oxygens (including phenoxy) is 1. The Hall–Kier alpha value is -3.02. The molecule has 2 aromatic carbocycles. The fourth-order valence-corrected chi connectivity index (χ4v) is 2.88. The minimum Gasteiger partial charge on any atom is -0.497 e. The van der Waals surface area contributed by atoms with E-state index in [-0.39, 0.29) is 17.9 Å². The van der Waals surface area contributed by atoms with E-state index in [1.54, 1.807) is 7.11 Å². The van der Waals surface area contributed by atoms with Crippen molar-refractivity contribution in [2.24, 2.45) is 0 Å². The number of rotatable bonds is 6. The van der Waals surface area contributed by atoms with Gasteiger partial charge in [-0.15, -0.1) is 0 Å². The van der Waals surface area contributed by atoms with Crippen LogP contribution in [0.1, 0.15) is 23.5 Å². The molecule has 3 rings (SSSR count). The molecule has 1 unspecified atom stereocenters. The van der Waals surface area contributed by atoms with Gasteiger partial charge in [0.15, 0.2) is 0 Å². The predicted octanol–water partition coefficient (Wildman–Crippen LogP) is 2.62. The molecule has 0 aliphatic carbocycles. The predicted molar refractivity (Wildman–Crippen MR) is 95.7 cm³/mol. The van der Waals surface area contributed by atoms with E-state index >= 15 is 0 Å². The molecule has 0 saturated heterocycles. The van der Waals surface area contributed by atoms with Crippen LogP contribution in [0.15, 0.2) is 48.5 Å². The summed E-state index contributed by atoms with van der Waals surface area (Å²) in [6, 6.07) is 14.9. The van der Waals surface area contributed by atoms with Gasteiger partial charge in [0, 0.05) is 18.8 Å². The van der Waals surface area contributed by atoms with Crippen molar-refractivity contribution in [1.82, 2.24) is 10.6 Å². The summed E-state index contributed by atoms with van der Waals surface area (Å²) in [5.74, 6) is 0.558. The highest BCUT2D eigenvalue weighted by atomic mass is 16.5. The molecule has 0 aromatic heterocycles. The van der Waals surface area contributed by atoms with Crippen molar-refractivity contribution in [2.45, 2.75) is 18.9 Å². The zero-order chi connectivity index (χ0) is 17.6. The number of anilines is 1. The second-order valence-corrected chi connectivity index (χ2v) is 5.88. The maximum absolute atomic E-state index is 12.0. The lowest BCUT2D eigenvalue weighted by molar-refractivity contribution is -0.117. The van der Waals surface area contributed by atoms with Crippen molar-refractivity contribution < 1.29 is 14.3 Å². The number of carbonyl (C=O) groups is 2. The normalized spacial score (nSPS) is 15.2. The summed E-state index contributed by atoms with van der Waals surface area (Å²) in [4.78, 5) is 23.9. The standard InChI is InChI=1S/C19H21N3O3/c1-25-14-8-6-13(7-9-14)12-21-19(24)20-11-10-16-15-4-2-3-5-17(15)22-18(16)23/h2-9,16H,10-12H2,1H3,(H,22,23)(H2,20,21,24). The van der Waals surface area contributed by atoms with E-state index in [2.05, 4.69) is 16.0 Å². The molecule has 25 heavy (non-hydrogen) atoms. The molecule has 2 aromatic rings. The molecule has 0 bridgehead atoms. The van der Waals surface area contributed by atoms with Crippen LogP contribution in [0.5, 0.6) is 5.75 Å².